The van der Waals surface area contributed by atoms with Crippen molar-refractivity contribution in [2.75, 3.05) is 57.2 Å². The zero-order chi connectivity index (χ0) is 21.7. The lowest BCUT2D eigenvalue weighted by molar-refractivity contribution is 0.102. The molecule has 0 aromatic heterocycles. The summed E-state index contributed by atoms with van der Waals surface area (Å²) >= 11 is 0. The average Bonchev–Trinajstić information content (AvgIpc) is 2.75. The number of benzene rings is 2. The number of nitrogens with one attached hydrogen (secondary N) is 1. The van der Waals surface area contributed by atoms with E-state index in [1.807, 2.05) is 17.9 Å². The standard InChI is InChI=1S/C21H27N3O5S/c1-4-29-20-8-6-5-7-18(20)22-21(25)17-15-16(30(26,27)23(2)3)9-10-19(17)24-11-13-28-14-12-24/h5-10,15H,4,11-14H2,1-3H3,(H,22,25). The number of para-hydroxylation sites is 2. The molecular weight excluding hydrogens is 406 g/mol. The van der Waals surface area contributed by atoms with Crippen molar-refractivity contribution in [1.29, 1.82) is 0 Å². The number of morpholine rings is 1. The smallest absolute Gasteiger partial charge is 0.257 e. The van der Waals surface area contributed by atoms with Crippen LogP contribution in [-0.4, -0.2) is 65.6 Å². The summed E-state index contributed by atoms with van der Waals surface area (Å²) in [4.78, 5) is 15.3. The summed E-state index contributed by atoms with van der Waals surface area (Å²) in [5, 5.41) is 2.87. The minimum atomic E-state index is -3.68. The highest BCUT2D eigenvalue weighted by molar-refractivity contribution is 7.89. The average molecular weight is 434 g/mol. The van der Waals surface area contributed by atoms with Crippen molar-refractivity contribution < 1.29 is 22.7 Å². The van der Waals surface area contributed by atoms with E-state index in [1.165, 1.54) is 26.2 Å². The van der Waals surface area contributed by atoms with Crippen molar-refractivity contribution in [2.45, 2.75) is 11.8 Å². The van der Waals surface area contributed by atoms with Gasteiger partial charge in [-0.15, -0.1) is 0 Å². The molecule has 1 aliphatic heterocycles. The molecule has 9 heteroatoms. The van der Waals surface area contributed by atoms with Crippen molar-refractivity contribution in [3.63, 3.8) is 0 Å². The molecule has 1 heterocycles. The van der Waals surface area contributed by atoms with Gasteiger partial charge in [0.15, 0.2) is 0 Å². The largest absolute Gasteiger partial charge is 0.492 e. The number of hydrogen-bond acceptors (Lipinski definition) is 6. The molecule has 3 rings (SSSR count). The molecule has 1 N–H and O–H groups in total. The highest BCUT2D eigenvalue weighted by Crippen LogP contribution is 2.29. The lowest BCUT2D eigenvalue weighted by Gasteiger charge is -2.30. The summed E-state index contributed by atoms with van der Waals surface area (Å²) in [6.07, 6.45) is 0. The van der Waals surface area contributed by atoms with Crippen LogP contribution in [0.3, 0.4) is 0 Å². The van der Waals surface area contributed by atoms with Gasteiger partial charge in [-0.2, -0.15) is 0 Å². The maximum atomic E-state index is 13.3. The topological polar surface area (TPSA) is 88.2 Å². The highest BCUT2D eigenvalue weighted by atomic mass is 32.2. The van der Waals surface area contributed by atoms with E-state index in [1.54, 1.807) is 24.3 Å². The third-order valence-electron chi connectivity index (χ3n) is 4.78. The first-order valence-corrected chi connectivity index (χ1v) is 11.2. The molecular formula is C21H27N3O5S. The Kier molecular flexibility index (Phi) is 6.96. The van der Waals surface area contributed by atoms with E-state index in [4.69, 9.17) is 9.47 Å². The zero-order valence-corrected chi connectivity index (χ0v) is 18.2. The normalized spacial score (nSPS) is 14.6. The van der Waals surface area contributed by atoms with Gasteiger partial charge >= 0.3 is 0 Å². The molecule has 2 aromatic carbocycles. The van der Waals surface area contributed by atoms with E-state index in [-0.39, 0.29) is 10.5 Å². The van der Waals surface area contributed by atoms with Gasteiger partial charge in [-0.3, -0.25) is 4.79 Å². The predicted octanol–water partition coefficient (Wildman–Crippen LogP) is 2.42. The van der Waals surface area contributed by atoms with Crippen molar-refractivity contribution in [3.05, 3.63) is 48.0 Å². The van der Waals surface area contributed by atoms with Crippen LogP contribution in [0.15, 0.2) is 47.4 Å². The Balaban J connectivity index is 2.02. The molecule has 1 saturated heterocycles. The van der Waals surface area contributed by atoms with Crippen molar-refractivity contribution in [2.24, 2.45) is 0 Å². The number of sulfonamides is 1. The molecule has 1 amide bonds. The van der Waals surface area contributed by atoms with E-state index in [2.05, 4.69) is 5.32 Å². The number of ether oxygens (including phenoxy) is 2. The second-order valence-electron chi connectivity index (χ2n) is 6.95. The molecule has 1 aliphatic rings. The minimum Gasteiger partial charge on any atom is -0.492 e. The van der Waals surface area contributed by atoms with E-state index >= 15 is 0 Å². The summed E-state index contributed by atoms with van der Waals surface area (Å²) in [6.45, 7) is 4.66. The van der Waals surface area contributed by atoms with Crippen LogP contribution in [0, 0.1) is 0 Å². The van der Waals surface area contributed by atoms with Crippen LogP contribution in [0.1, 0.15) is 17.3 Å². The first kappa shape index (κ1) is 22.1. The molecule has 0 spiro atoms. The van der Waals surface area contributed by atoms with Gasteiger partial charge in [-0.1, -0.05) is 12.1 Å². The summed E-state index contributed by atoms with van der Waals surface area (Å²) in [7, 11) is -0.761. The van der Waals surface area contributed by atoms with E-state index in [0.717, 1.165) is 4.31 Å². The molecule has 0 bridgehead atoms. The highest BCUT2D eigenvalue weighted by Gasteiger charge is 2.24. The summed E-state index contributed by atoms with van der Waals surface area (Å²) in [5.74, 6) is 0.151. The molecule has 8 nitrogen and oxygen atoms in total. The minimum absolute atomic E-state index is 0.0627. The van der Waals surface area contributed by atoms with Crippen molar-refractivity contribution in [1.82, 2.24) is 4.31 Å². The van der Waals surface area contributed by atoms with Gasteiger partial charge in [-0.05, 0) is 37.3 Å². The van der Waals surface area contributed by atoms with Crippen molar-refractivity contribution >= 4 is 27.3 Å². The van der Waals surface area contributed by atoms with Crippen LogP contribution in [0.4, 0.5) is 11.4 Å². The fourth-order valence-electron chi connectivity index (χ4n) is 3.19. The molecule has 0 atom stereocenters. The fraction of sp³-hybridized carbons (Fsp3) is 0.381. The molecule has 0 aliphatic carbocycles. The SMILES string of the molecule is CCOc1ccccc1NC(=O)c1cc(S(=O)(=O)N(C)C)ccc1N1CCOCC1. The van der Waals surface area contributed by atoms with Crippen LogP contribution < -0.4 is 15.0 Å². The molecule has 30 heavy (non-hydrogen) atoms. The van der Waals surface area contributed by atoms with E-state index < -0.39 is 15.9 Å². The summed E-state index contributed by atoms with van der Waals surface area (Å²) < 4.78 is 37.4. The fourth-order valence-corrected chi connectivity index (χ4v) is 4.12. The number of amides is 1. The molecule has 1 fully saturated rings. The molecule has 0 saturated carbocycles. The quantitative estimate of drug-likeness (QED) is 0.722. The molecule has 0 radical (unpaired) electrons. The second-order valence-corrected chi connectivity index (χ2v) is 9.10. The van der Waals surface area contributed by atoms with Gasteiger partial charge in [0.1, 0.15) is 5.75 Å². The maximum Gasteiger partial charge on any atom is 0.257 e. The molecule has 2 aromatic rings. The van der Waals surface area contributed by atoms with Crippen LogP contribution in [0.5, 0.6) is 5.75 Å². The van der Waals surface area contributed by atoms with Gasteiger partial charge in [0.25, 0.3) is 5.91 Å². The predicted molar refractivity (Wildman–Crippen MR) is 116 cm³/mol. The number of anilines is 2. The lowest BCUT2D eigenvalue weighted by Crippen LogP contribution is -2.37. The summed E-state index contributed by atoms with van der Waals surface area (Å²) in [6, 6.07) is 11.8. The van der Waals surface area contributed by atoms with Crippen LogP contribution in [0.2, 0.25) is 0 Å². The lowest BCUT2D eigenvalue weighted by atomic mass is 10.1. The molecule has 162 valence electrons. The van der Waals surface area contributed by atoms with E-state index in [0.29, 0.717) is 50.0 Å². The van der Waals surface area contributed by atoms with Gasteiger partial charge < -0.3 is 19.7 Å². The van der Waals surface area contributed by atoms with Gasteiger partial charge in [0.2, 0.25) is 10.0 Å². The third-order valence-corrected chi connectivity index (χ3v) is 6.59. The van der Waals surface area contributed by atoms with Crippen LogP contribution in [0.25, 0.3) is 0 Å². The van der Waals surface area contributed by atoms with Crippen molar-refractivity contribution in [3.8, 4) is 5.75 Å². The monoisotopic (exact) mass is 433 g/mol. The Morgan fingerprint density at radius 2 is 1.87 bits per heavy atom. The van der Waals surface area contributed by atoms with Crippen LogP contribution >= 0.6 is 0 Å². The number of nitrogens with zero attached hydrogens (tertiary/aromatic N) is 2. The van der Waals surface area contributed by atoms with Gasteiger partial charge in [0.05, 0.1) is 36.0 Å². The Hall–Kier alpha value is -2.62. The molecule has 0 unspecified atom stereocenters. The van der Waals surface area contributed by atoms with Gasteiger partial charge in [-0.25, -0.2) is 12.7 Å². The number of rotatable bonds is 7. The van der Waals surface area contributed by atoms with Gasteiger partial charge in [0, 0.05) is 32.9 Å². The zero-order valence-electron chi connectivity index (χ0n) is 17.4. The van der Waals surface area contributed by atoms with Crippen LogP contribution in [-0.2, 0) is 14.8 Å². The Morgan fingerprint density at radius 3 is 2.53 bits per heavy atom. The number of carbonyl (C=O) groups is 1. The Bertz CT molecular complexity index is 1000. The third kappa shape index (κ3) is 4.75. The number of hydrogen-bond donors (Lipinski definition) is 1. The first-order valence-electron chi connectivity index (χ1n) is 9.77. The number of carbonyl (C=O) groups excluding carboxylic acids is 1. The first-order chi connectivity index (χ1) is 14.3. The maximum absolute atomic E-state index is 13.3. The Morgan fingerprint density at radius 1 is 1.17 bits per heavy atom. The van der Waals surface area contributed by atoms with E-state index in [9.17, 15) is 13.2 Å². The Labute approximate surface area is 177 Å². The second kappa shape index (κ2) is 9.46. The summed E-state index contributed by atoms with van der Waals surface area (Å²) in [5.41, 5.74) is 1.48.